The number of carbonyl (C=O) groups is 2. The summed E-state index contributed by atoms with van der Waals surface area (Å²) in [7, 11) is 1.60. The predicted molar refractivity (Wildman–Crippen MR) is 136 cm³/mol. The number of halogens is 1. The molecule has 6 nitrogen and oxygen atoms in total. The first-order valence-electron chi connectivity index (χ1n) is 11.7. The number of nitrogens with zero attached hydrogens (tertiary/aromatic N) is 2. The van der Waals surface area contributed by atoms with Crippen LogP contribution in [-0.4, -0.2) is 28.5 Å². The highest BCUT2D eigenvalue weighted by Gasteiger charge is 2.17. The summed E-state index contributed by atoms with van der Waals surface area (Å²) < 4.78 is 20.8. The minimum Gasteiger partial charge on any atom is -0.489 e. The minimum atomic E-state index is -0.347. The third-order valence-corrected chi connectivity index (χ3v) is 6.09. The molecule has 0 saturated carbocycles. The van der Waals surface area contributed by atoms with Gasteiger partial charge in [0.2, 0.25) is 0 Å². The van der Waals surface area contributed by atoms with Gasteiger partial charge in [-0.3, -0.25) is 14.3 Å². The molecular formula is C29H28FN3O3. The van der Waals surface area contributed by atoms with E-state index >= 15 is 0 Å². The highest BCUT2D eigenvalue weighted by atomic mass is 19.1. The lowest BCUT2D eigenvalue weighted by Crippen LogP contribution is -2.18. The molecular weight excluding hydrogens is 457 g/mol. The maximum atomic E-state index is 13.3. The molecule has 1 heterocycles. The van der Waals surface area contributed by atoms with Gasteiger partial charge >= 0.3 is 0 Å². The standard InChI is InChI=1S/C29H28FN3O3/c1-19-27(20(2)33(32-19)17-22-6-4-7-24(14-22)29(35)31-3)16-28(34)23-12-10-21(11-13-23)18-36-26-9-5-8-25(30)15-26/h4-15H,16-18H2,1-3H3,(H,31,35). The average Bonchev–Trinajstić information content (AvgIpc) is 3.14. The highest BCUT2D eigenvalue weighted by Crippen LogP contribution is 2.19. The van der Waals surface area contributed by atoms with Crippen molar-refractivity contribution in [3.05, 3.63) is 118 Å². The van der Waals surface area contributed by atoms with Crippen LogP contribution in [0.1, 0.15) is 48.8 Å². The first-order valence-corrected chi connectivity index (χ1v) is 11.7. The van der Waals surface area contributed by atoms with E-state index in [-0.39, 0.29) is 30.5 Å². The van der Waals surface area contributed by atoms with Crippen molar-refractivity contribution >= 4 is 11.7 Å². The highest BCUT2D eigenvalue weighted by molar-refractivity contribution is 5.97. The lowest BCUT2D eigenvalue weighted by atomic mass is 10.0. The van der Waals surface area contributed by atoms with Crippen LogP contribution < -0.4 is 10.1 Å². The van der Waals surface area contributed by atoms with E-state index in [0.717, 1.165) is 28.1 Å². The van der Waals surface area contributed by atoms with E-state index in [4.69, 9.17) is 4.74 Å². The van der Waals surface area contributed by atoms with E-state index in [1.54, 1.807) is 37.4 Å². The first kappa shape index (κ1) is 24.9. The van der Waals surface area contributed by atoms with Gasteiger partial charge in [0.05, 0.1) is 12.2 Å². The monoisotopic (exact) mass is 485 g/mol. The third kappa shape index (κ3) is 5.86. The van der Waals surface area contributed by atoms with Crippen LogP contribution in [0.5, 0.6) is 5.75 Å². The third-order valence-electron chi connectivity index (χ3n) is 6.09. The van der Waals surface area contributed by atoms with E-state index in [9.17, 15) is 14.0 Å². The Bertz CT molecular complexity index is 1390. The van der Waals surface area contributed by atoms with Crippen molar-refractivity contribution in [2.24, 2.45) is 0 Å². The Kier molecular flexibility index (Phi) is 7.59. The number of rotatable bonds is 9. The largest absolute Gasteiger partial charge is 0.489 e. The molecule has 0 bridgehead atoms. The van der Waals surface area contributed by atoms with Crippen molar-refractivity contribution in [2.45, 2.75) is 33.4 Å². The second-order valence-electron chi connectivity index (χ2n) is 8.63. The Hall–Kier alpha value is -4.26. The summed E-state index contributed by atoms with van der Waals surface area (Å²) in [5.41, 5.74) is 5.67. The maximum Gasteiger partial charge on any atom is 0.251 e. The molecule has 7 heteroatoms. The van der Waals surface area contributed by atoms with Gasteiger partial charge in [0.25, 0.3) is 5.91 Å². The van der Waals surface area contributed by atoms with E-state index in [1.807, 2.05) is 48.9 Å². The molecule has 184 valence electrons. The molecule has 0 fully saturated rings. The van der Waals surface area contributed by atoms with Gasteiger partial charge in [0.15, 0.2) is 5.78 Å². The van der Waals surface area contributed by atoms with Crippen LogP contribution in [0.3, 0.4) is 0 Å². The molecule has 0 unspecified atom stereocenters. The lowest BCUT2D eigenvalue weighted by molar-refractivity contribution is 0.0961. The predicted octanol–water partition coefficient (Wildman–Crippen LogP) is 5.05. The number of carbonyl (C=O) groups excluding carboxylic acids is 2. The van der Waals surface area contributed by atoms with Crippen molar-refractivity contribution in [1.82, 2.24) is 15.1 Å². The van der Waals surface area contributed by atoms with Crippen molar-refractivity contribution in [3.63, 3.8) is 0 Å². The maximum absolute atomic E-state index is 13.3. The summed E-state index contributed by atoms with van der Waals surface area (Å²) in [6.07, 6.45) is 0.245. The van der Waals surface area contributed by atoms with Crippen molar-refractivity contribution in [3.8, 4) is 5.75 Å². The average molecular weight is 486 g/mol. The molecule has 1 N–H and O–H groups in total. The van der Waals surface area contributed by atoms with Crippen LogP contribution in [0.4, 0.5) is 4.39 Å². The number of ether oxygens (including phenoxy) is 1. The fourth-order valence-electron chi connectivity index (χ4n) is 4.04. The van der Waals surface area contributed by atoms with Gasteiger partial charge in [-0.15, -0.1) is 0 Å². The summed E-state index contributed by atoms with van der Waals surface area (Å²) in [6.45, 7) is 4.65. The van der Waals surface area contributed by atoms with E-state index < -0.39 is 0 Å². The zero-order valence-electron chi connectivity index (χ0n) is 20.5. The number of nitrogens with one attached hydrogen (secondary N) is 1. The van der Waals surface area contributed by atoms with E-state index in [1.165, 1.54) is 12.1 Å². The first-order chi connectivity index (χ1) is 17.3. The Morgan fingerprint density at radius 1 is 0.944 bits per heavy atom. The van der Waals surface area contributed by atoms with Crippen LogP contribution in [0.2, 0.25) is 0 Å². The number of benzene rings is 3. The molecule has 0 radical (unpaired) electrons. The fraction of sp³-hybridized carbons (Fsp3) is 0.207. The van der Waals surface area contributed by atoms with Crippen LogP contribution in [0, 0.1) is 19.7 Å². The summed E-state index contributed by atoms with van der Waals surface area (Å²) in [5, 5.41) is 7.28. The normalized spacial score (nSPS) is 10.8. The Morgan fingerprint density at radius 3 is 2.42 bits per heavy atom. The smallest absolute Gasteiger partial charge is 0.251 e. The number of hydrogen-bond donors (Lipinski definition) is 1. The summed E-state index contributed by atoms with van der Waals surface area (Å²) in [6, 6.07) is 20.7. The van der Waals surface area contributed by atoms with Crippen LogP contribution in [0.25, 0.3) is 0 Å². The topological polar surface area (TPSA) is 73.2 Å². The molecule has 1 amide bonds. The molecule has 1 aromatic heterocycles. The molecule has 0 aliphatic carbocycles. The number of Topliss-reactive ketones (excluding diaryl/α,β-unsaturated/α-hetero) is 1. The SMILES string of the molecule is CNC(=O)c1cccc(Cn2nc(C)c(CC(=O)c3ccc(COc4cccc(F)c4)cc3)c2C)c1. The second-order valence-corrected chi connectivity index (χ2v) is 8.63. The number of amides is 1. The molecule has 0 aliphatic rings. The zero-order valence-corrected chi connectivity index (χ0v) is 20.5. The molecule has 0 atom stereocenters. The van der Waals surface area contributed by atoms with Gasteiger partial charge in [-0.05, 0) is 49.2 Å². The lowest BCUT2D eigenvalue weighted by Gasteiger charge is -2.08. The molecule has 0 aliphatic heterocycles. The molecule has 3 aromatic carbocycles. The van der Waals surface area contributed by atoms with Crippen LogP contribution in [0.15, 0.2) is 72.8 Å². The van der Waals surface area contributed by atoms with Crippen molar-refractivity contribution < 1.29 is 18.7 Å². The summed E-state index contributed by atoms with van der Waals surface area (Å²) >= 11 is 0. The second kappa shape index (κ2) is 11.0. The van der Waals surface area contributed by atoms with E-state index in [0.29, 0.717) is 23.4 Å². The van der Waals surface area contributed by atoms with Gasteiger partial charge in [-0.25, -0.2) is 4.39 Å². The van der Waals surface area contributed by atoms with Crippen LogP contribution >= 0.6 is 0 Å². The molecule has 4 rings (SSSR count). The number of hydrogen-bond acceptors (Lipinski definition) is 4. The molecule has 0 spiro atoms. The number of aromatic nitrogens is 2. The molecule has 36 heavy (non-hydrogen) atoms. The minimum absolute atomic E-state index is 0.0000342. The summed E-state index contributed by atoms with van der Waals surface area (Å²) in [5.74, 6) is -0.0266. The molecule has 4 aromatic rings. The Balaban J connectivity index is 1.41. The summed E-state index contributed by atoms with van der Waals surface area (Å²) in [4.78, 5) is 25.0. The van der Waals surface area contributed by atoms with Gasteiger partial charge in [-0.1, -0.05) is 42.5 Å². The van der Waals surface area contributed by atoms with Crippen LogP contribution in [-0.2, 0) is 19.6 Å². The molecule has 0 saturated heterocycles. The van der Waals surface area contributed by atoms with Gasteiger partial charge < -0.3 is 10.1 Å². The fourth-order valence-corrected chi connectivity index (χ4v) is 4.04. The zero-order chi connectivity index (χ0) is 25.7. The number of ketones is 1. The Labute approximate surface area is 209 Å². The van der Waals surface area contributed by atoms with Gasteiger partial charge in [-0.2, -0.15) is 5.10 Å². The quantitative estimate of drug-likeness (QED) is 0.337. The van der Waals surface area contributed by atoms with E-state index in [2.05, 4.69) is 10.4 Å². The van der Waals surface area contributed by atoms with Gasteiger partial charge in [0.1, 0.15) is 18.2 Å². The number of aryl methyl sites for hydroxylation is 1. The van der Waals surface area contributed by atoms with Crippen molar-refractivity contribution in [1.29, 1.82) is 0 Å². The Morgan fingerprint density at radius 2 is 1.69 bits per heavy atom. The van der Waals surface area contributed by atoms with Gasteiger partial charge in [0, 0.05) is 41.9 Å². The van der Waals surface area contributed by atoms with Crippen molar-refractivity contribution in [2.75, 3.05) is 7.05 Å².